The quantitative estimate of drug-likeness (QED) is 0.911. The van der Waals surface area contributed by atoms with Crippen LogP contribution < -0.4 is 5.32 Å². The number of aryl methyl sites for hydroxylation is 2. The monoisotopic (exact) mass is 275 g/mol. The van der Waals surface area contributed by atoms with Crippen molar-refractivity contribution in [3.05, 3.63) is 29.3 Å². The Labute approximate surface area is 121 Å². The van der Waals surface area contributed by atoms with Gasteiger partial charge >= 0.3 is 0 Å². The van der Waals surface area contributed by atoms with E-state index in [9.17, 15) is 4.79 Å². The number of carbonyl (C=O) groups excluding carboxylic acids is 1. The molecule has 1 saturated heterocycles. The summed E-state index contributed by atoms with van der Waals surface area (Å²) in [5.41, 5.74) is 3.26. The number of nitrogens with zero attached hydrogens (tertiary/aromatic N) is 2. The molecule has 20 heavy (non-hydrogen) atoms. The minimum Gasteiger partial charge on any atom is -0.325 e. The van der Waals surface area contributed by atoms with Crippen molar-refractivity contribution >= 4 is 11.6 Å². The molecule has 4 nitrogen and oxygen atoms in total. The number of piperazine rings is 1. The molecule has 0 spiro atoms. The predicted molar refractivity (Wildman–Crippen MR) is 83.1 cm³/mol. The number of hydrogen-bond donors (Lipinski definition) is 1. The molecule has 1 aromatic rings. The molecule has 1 aliphatic heterocycles. The van der Waals surface area contributed by atoms with Crippen LogP contribution in [0.25, 0.3) is 0 Å². The average molecular weight is 275 g/mol. The molecule has 0 saturated carbocycles. The largest absolute Gasteiger partial charge is 0.325 e. The highest BCUT2D eigenvalue weighted by Gasteiger charge is 2.17. The Morgan fingerprint density at radius 3 is 2.15 bits per heavy atom. The zero-order valence-corrected chi connectivity index (χ0v) is 12.8. The third-order valence-corrected chi connectivity index (χ3v) is 3.78. The van der Waals surface area contributed by atoms with Crippen LogP contribution >= 0.6 is 0 Å². The molecule has 0 aliphatic carbocycles. The van der Waals surface area contributed by atoms with E-state index in [4.69, 9.17) is 0 Å². The van der Waals surface area contributed by atoms with E-state index >= 15 is 0 Å². The standard InChI is InChI=1S/C16H25N3O/c1-4-18-5-7-19(8-6-18)12-16(20)17-15-10-13(2)9-14(3)11-15/h9-11H,4-8,12H2,1-3H3,(H,17,20). The zero-order chi connectivity index (χ0) is 14.5. The highest BCUT2D eigenvalue weighted by Crippen LogP contribution is 2.13. The highest BCUT2D eigenvalue weighted by atomic mass is 16.2. The second-order valence-corrected chi connectivity index (χ2v) is 5.63. The lowest BCUT2D eigenvalue weighted by Gasteiger charge is -2.33. The fraction of sp³-hybridized carbons (Fsp3) is 0.562. The molecular formula is C16H25N3O. The van der Waals surface area contributed by atoms with Gasteiger partial charge in [0.1, 0.15) is 0 Å². The van der Waals surface area contributed by atoms with Crippen LogP contribution in [-0.2, 0) is 4.79 Å². The maximum atomic E-state index is 12.1. The lowest BCUT2D eigenvalue weighted by atomic mass is 10.1. The van der Waals surface area contributed by atoms with Crippen LogP contribution in [0.1, 0.15) is 18.1 Å². The van der Waals surface area contributed by atoms with Gasteiger partial charge in [0.15, 0.2) is 0 Å². The fourth-order valence-corrected chi connectivity index (χ4v) is 2.71. The first-order valence-electron chi connectivity index (χ1n) is 7.39. The fourth-order valence-electron chi connectivity index (χ4n) is 2.71. The molecule has 110 valence electrons. The minimum absolute atomic E-state index is 0.0833. The third-order valence-electron chi connectivity index (χ3n) is 3.78. The summed E-state index contributed by atoms with van der Waals surface area (Å²) in [6.07, 6.45) is 0. The van der Waals surface area contributed by atoms with E-state index in [0.29, 0.717) is 6.54 Å². The van der Waals surface area contributed by atoms with Gasteiger partial charge in [-0.05, 0) is 43.7 Å². The molecule has 2 rings (SSSR count). The summed E-state index contributed by atoms with van der Waals surface area (Å²) in [4.78, 5) is 16.7. The van der Waals surface area contributed by atoms with Gasteiger partial charge in [-0.1, -0.05) is 13.0 Å². The lowest BCUT2D eigenvalue weighted by molar-refractivity contribution is -0.117. The molecule has 0 bridgehead atoms. The summed E-state index contributed by atoms with van der Waals surface area (Å²) in [6.45, 7) is 12.0. The van der Waals surface area contributed by atoms with Gasteiger partial charge in [0.05, 0.1) is 6.54 Å². The number of hydrogen-bond acceptors (Lipinski definition) is 3. The Kier molecular flexibility index (Phi) is 5.15. The zero-order valence-electron chi connectivity index (χ0n) is 12.8. The van der Waals surface area contributed by atoms with E-state index in [0.717, 1.165) is 38.4 Å². The number of anilines is 1. The van der Waals surface area contributed by atoms with E-state index in [2.05, 4.69) is 28.1 Å². The van der Waals surface area contributed by atoms with Crippen molar-refractivity contribution in [1.82, 2.24) is 9.80 Å². The smallest absolute Gasteiger partial charge is 0.238 e. The van der Waals surface area contributed by atoms with Crippen molar-refractivity contribution in [1.29, 1.82) is 0 Å². The third kappa shape index (κ3) is 4.32. The molecule has 1 aromatic carbocycles. The van der Waals surface area contributed by atoms with Crippen LogP contribution in [0.5, 0.6) is 0 Å². The van der Waals surface area contributed by atoms with Crippen molar-refractivity contribution in [2.24, 2.45) is 0 Å². The first-order valence-corrected chi connectivity index (χ1v) is 7.39. The lowest BCUT2D eigenvalue weighted by Crippen LogP contribution is -2.48. The van der Waals surface area contributed by atoms with Gasteiger partial charge in [-0.3, -0.25) is 9.69 Å². The molecule has 0 unspecified atom stereocenters. The van der Waals surface area contributed by atoms with Gasteiger partial charge in [0.2, 0.25) is 5.91 Å². The van der Waals surface area contributed by atoms with Crippen molar-refractivity contribution in [2.75, 3.05) is 44.6 Å². The SMILES string of the molecule is CCN1CCN(CC(=O)Nc2cc(C)cc(C)c2)CC1. The summed E-state index contributed by atoms with van der Waals surface area (Å²) in [5.74, 6) is 0.0833. The number of likely N-dealkylation sites (N-methyl/N-ethyl adjacent to an activating group) is 1. The van der Waals surface area contributed by atoms with Crippen LogP contribution in [0.3, 0.4) is 0 Å². The molecule has 1 amide bonds. The predicted octanol–water partition coefficient (Wildman–Crippen LogP) is 1.88. The van der Waals surface area contributed by atoms with Gasteiger partial charge < -0.3 is 10.2 Å². The molecule has 1 aliphatic rings. The number of benzene rings is 1. The summed E-state index contributed by atoms with van der Waals surface area (Å²) >= 11 is 0. The molecule has 1 N–H and O–H groups in total. The van der Waals surface area contributed by atoms with Crippen molar-refractivity contribution < 1.29 is 4.79 Å². The first kappa shape index (κ1) is 15.0. The number of carbonyl (C=O) groups is 1. The maximum absolute atomic E-state index is 12.1. The second kappa shape index (κ2) is 6.86. The van der Waals surface area contributed by atoms with Crippen LogP contribution in [0.15, 0.2) is 18.2 Å². The van der Waals surface area contributed by atoms with Gasteiger partial charge in [0.25, 0.3) is 0 Å². The number of nitrogens with one attached hydrogen (secondary N) is 1. The van der Waals surface area contributed by atoms with Gasteiger partial charge in [-0.2, -0.15) is 0 Å². The summed E-state index contributed by atoms with van der Waals surface area (Å²) in [5, 5.41) is 3.00. The first-order chi connectivity index (χ1) is 9.56. The highest BCUT2D eigenvalue weighted by molar-refractivity contribution is 5.92. The molecule has 0 atom stereocenters. The number of rotatable bonds is 4. The van der Waals surface area contributed by atoms with E-state index in [-0.39, 0.29) is 5.91 Å². The van der Waals surface area contributed by atoms with Crippen molar-refractivity contribution in [3.63, 3.8) is 0 Å². The Hall–Kier alpha value is -1.39. The van der Waals surface area contributed by atoms with Crippen molar-refractivity contribution in [3.8, 4) is 0 Å². The Morgan fingerprint density at radius 1 is 1.05 bits per heavy atom. The number of amides is 1. The molecular weight excluding hydrogens is 250 g/mol. The van der Waals surface area contributed by atoms with Gasteiger partial charge in [-0.25, -0.2) is 0 Å². The van der Waals surface area contributed by atoms with E-state index in [1.807, 2.05) is 26.0 Å². The average Bonchev–Trinajstić information content (AvgIpc) is 2.38. The Balaban J connectivity index is 1.83. The molecule has 4 heteroatoms. The maximum Gasteiger partial charge on any atom is 0.238 e. The summed E-state index contributed by atoms with van der Waals surface area (Å²) in [7, 11) is 0. The molecule has 1 heterocycles. The molecule has 1 fully saturated rings. The normalized spacial score (nSPS) is 17.1. The van der Waals surface area contributed by atoms with E-state index < -0.39 is 0 Å². The van der Waals surface area contributed by atoms with Crippen LogP contribution in [-0.4, -0.2) is 55.0 Å². The topological polar surface area (TPSA) is 35.6 Å². The van der Waals surface area contributed by atoms with Crippen molar-refractivity contribution in [2.45, 2.75) is 20.8 Å². The van der Waals surface area contributed by atoms with Gasteiger partial charge in [0, 0.05) is 31.9 Å². The second-order valence-electron chi connectivity index (χ2n) is 5.63. The van der Waals surface area contributed by atoms with E-state index in [1.165, 1.54) is 11.1 Å². The Morgan fingerprint density at radius 2 is 1.60 bits per heavy atom. The van der Waals surface area contributed by atoms with E-state index in [1.54, 1.807) is 0 Å². The molecule has 0 aromatic heterocycles. The van der Waals surface area contributed by atoms with Crippen LogP contribution in [0, 0.1) is 13.8 Å². The molecule has 0 radical (unpaired) electrons. The van der Waals surface area contributed by atoms with Crippen LogP contribution in [0.4, 0.5) is 5.69 Å². The van der Waals surface area contributed by atoms with Gasteiger partial charge in [-0.15, -0.1) is 0 Å². The Bertz CT molecular complexity index is 445. The summed E-state index contributed by atoms with van der Waals surface area (Å²) < 4.78 is 0. The summed E-state index contributed by atoms with van der Waals surface area (Å²) in [6, 6.07) is 6.14. The minimum atomic E-state index is 0.0833. The van der Waals surface area contributed by atoms with Crippen LogP contribution in [0.2, 0.25) is 0 Å².